The molecule has 2 amide bonds. The van der Waals surface area contributed by atoms with Crippen molar-refractivity contribution in [2.75, 3.05) is 28.2 Å². The van der Waals surface area contributed by atoms with Gasteiger partial charge in [0.05, 0.1) is 0 Å². The van der Waals surface area contributed by atoms with Crippen LogP contribution in [-0.4, -0.2) is 65.5 Å². The van der Waals surface area contributed by atoms with E-state index in [0.29, 0.717) is 5.56 Å². The Labute approximate surface area is 224 Å². The van der Waals surface area contributed by atoms with Gasteiger partial charge in [-0.3, -0.25) is 4.79 Å². The van der Waals surface area contributed by atoms with Crippen LogP contribution < -0.4 is 14.2 Å². The lowest BCUT2D eigenvalue weighted by Crippen LogP contribution is -2.26. The molecule has 5 rings (SSSR count). The molecule has 0 fully saturated rings. The fraction of sp³-hybridized carbons (Fsp3) is 0.172. The van der Waals surface area contributed by atoms with Crippen LogP contribution >= 0.6 is 0 Å². The van der Waals surface area contributed by atoms with Gasteiger partial charge in [-0.2, -0.15) is 0 Å². The number of nitrogens with zero attached hydrogens (tertiary/aromatic N) is 4. The summed E-state index contributed by atoms with van der Waals surface area (Å²) in [5.74, 6) is -0.393. The minimum atomic E-state index is -0.705. The number of benzene rings is 2. The molecular formula is C29H26N4O6. The highest BCUT2D eigenvalue weighted by molar-refractivity contribution is 6.17. The van der Waals surface area contributed by atoms with Crippen molar-refractivity contribution in [3.05, 3.63) is 77.8 Å². The molecule has 0 saturated heterocycles. The van der Waals surface area contributed by atoms with E-state index in [0.717, 1.165) is 22.2 Å². The Morgan fingerprint density at radius 3 is 2.33 bits per heavy atom. The molecule has 3 heterocycles. The average Bonchev–Trinajstić information content (AvgIpc) is 3.43. The Bertz CT molecular complexity index is 1650. The van der Waals surface area contributed by atoms with Crippen molar-refractivity contribution in [1.29, 1.82) is 0 Å². The number of carbonyl (C=O) groups excluding carboxylic acids is 3. The highest BCUT2D eigenvalue weighted by atomic mass is 16.6. The number of pyridine rings is 1. The van der Waals surface area contributed by atoms with E-state index in [1.807, 2.05) is 54.2 Å². The fourth-order valence-corrected chi connectivity index (χ4v) is 4.18. The highest BCUT2D eigenvalue weighted by Gasteiger charge is 2.34. The van der Waals surface area contributed by atoms with Crippen LogP contribution in [0.15, 0.2) is 66.7 Å². The summed E-state index contributed by atoms with van der Waals surface area (Å²) in [5, 5.41) is 0.916. The Hall–Kier alpha value is -5.12. The number of aromatic nitrogens is 2. The van der Waals surface area contributed by atoms with E-state index in [1.165, 1.54) is 50.1 Å². The molecule has 0 saturated carbocycles. The average molecular weight is 527 g/mol. The van der Waals surface area contributed by atoms with Crippen LogP contribution in [0.4, 0.5) is 9.59 Å². The second-order valence-electron chi connectivity index (χ2n) is 9.38. The van der Waals surface area contributed by atoms with E-state index in [4.69, 9.17) is 14.2 Å². The number of hydrogen-bond acceptors (Lipinski definition) is 7. The maximum Gasteiger partial charge on any atom is 0.414 e. The Balaban J connectivity index is 1.62. The summed E-state index contributed by atoms with van der Waals surface area (Å²) in [6.07, 6.45) is 3.89. The summed E-state index contributed by atoms with van der Waals surface area (Å²) in [5.41, 5.74) is 3.35. The van der Waals surface area contributed by atoms with Crippen molar-refractivity contribution in [1.82, 2.24) is 19.4 Å². The van der Waals surface area contributed by atoms with E-state index in [1.54, 1.807) is 12.3 Å². The molecule has 0 aliphatic carbocycles. The summed E-state index contributed by atoms with van der Waals surface area (Å²) in [7, 11) is 8.01. The normalized spacial score (nSPS) is 13.3. The molecule has 1 aliphatic heterocycles. The predicted molar refractivity (Wildman–Crippen MR) is 145 cm³/mol. The number of rotatable bonds is 4. The summed E-state index contributed by atoms with van der Waals surface area (Å²) < 4.78 is 18.7. The van der Waals surface area contributed by atoms with Gasteiger partial charge in [-0.25, -0.2) is 14.6 Å². The standard InChI is InChI=1S/C29H26N4O6/c1-31(2)28(35)37-19-14-21-25(22(15-19)39-29(36)32(3)4)26(34)23(38-21)13-18-16-30-27-20(11-12-33(27)5)24(18)17-9-7-6-8-10-17/h6-16H,1-5H3. The summed E-state index contributed by atoms with van der Waals surface area (Å²) in [6.45, 7) is 0. The van der Waals surface area contributed by atoms with Gasteiger partial charge >= 0.3 is 12.2 Å². The third kappa shape index (κ3) is 4.79. The number of Topliss-reactive ketones (excluding diaryl/α,β-unsaturated/α-hetero) is 1. The molecule has 10 heteroatoms. The lowest BCUT2D eigenvalue weighted by molar-refractivity contribution is 0.101. The van der Waals surface area contributed by atoms with E-state index in [2.05, 4.69) is 4.98 Å². The van der Waals surface area contributed by atoms with Gasteiger partial charge in [0.1, 0.15) is 22.7 Å². The van der Waals surface area contributed by atoms with Crippen LogP contribution in [0.1, 0.15) is 15.9 Å². The fourth-order valence-electron chi connectivity index (χ4n) is 4.18. The number of ether oxygens (including phenoxy) is 3. The van der Waals surface area contributed by atoms with Gasteiger partial charge in [0.15, 0.2) is 11.5 Å². The molecule has 1 aliphatic rings. The van der Waals surface area contributed by atoms with Crippen molar-refractivity contribution in [2.45, 2.75) is 0 Å². The number of hydrogen-bond donors (Lipinski definition) is 0. The Kier molecular flexibility index (Phi) is 6.53. The number of amides is 2. The topological polar surface area (TPSA) is 103 Å². The number of ketones is 1. The smallest absolute Gasteiger partial charge is 0.414 e. The van der Waals surface area contributed by atoms with Gasteiger partial charge < -0.3 is 28.6 Å². The zero-order chi connectivity index (χ0) is 27.8. The molecule has 198 valence electrons. The predicted octanol–water partition coefficient (Wildman–Crippen LogP) is 4.98. The van der Waals surface area contributed by atoms with Crippen LogP contribution in [0.25, 0.3) is 28.2 Å². The largest absolute Gasteiger partial charge is 0.452 e. The molecule has 0 spiro atoms. The summed E-state index contributed by atoms with van der Waals surface area (Å²) >= 11 is 0. The quantitative estimate of drug-likeness (QED) is 0.346. The van der Waals surface area contributed by atoms with Crippen LogP contribution in [-0.2, 0) is 7.05 Å². The van der Waals surface area contributed by atoms with Crippen LogP contribution in [0.2, 0.25) is 0 Å². The zero-order valence-electron chi connectivity index (χ0n) is 22.1. The lowest BCUT2D eigenvalue weighted by atomic mass is 9.97. The van der Waals surface area contributed by atoms with Crippen molar-refractivity contribution in [3.63, 3.8) is 0 Å². The van der Waals surface area contributed by atoms with E-state index in [-0.39, 0.29) is 28.6 Å². The first-order valence-corrected chi connectivity index (χ1v) is 12.0. The SMILES string of the molecule is CN(C)C(=O)Oc1cc(OC(=O)N(C)C)c2c(c1)OC(=Cc1cnc3c(ccn3C)c1-c1ccccc1)C2=O. The molecule has 10 nitrogen and oxygen atoms in total. The number of carbonyl (C=O) groups is 3. The van der Waals surface area contributed by atoms with Crippen LogP contribution in [0, 0.1) is 0 Å². The van der Waals surface area contributed by atoms with E-state index >= 15 is 0 Å². The number of aryl methyl sites for hydroxylation is 1. The van der Waals surface area contributed by atoms with Crippen molar-refractivity contribution in [2.24, 2.45) is 7.05 Å². The van der Waals surface area contributed by atoms with Gasteiger partial charge in [-0.1, -0.05) is 30.3 Å². The molecule has 0 N–H and O–H groups in total. The van der Waals surface area contributed by atoms with Gasteiger partial charge in [-0.15, -0.1) is 0 Å². The minimum absolute atomic E-state index is 0.0116. The molecule has 2 aromatic carbocycles. The first-order valence-electron chi connectivity index (χ1n) is 12.0. The summed E-state index contributed by atoms with van der Waals surface area (Å²) in [6, 6.07) is 14.5. The number of allylic oxidation sites excluding steroid dienone is 1. The van der Waals surface area contributed by atoms with Crippen molar-refractivity contribution in [3.8, 4) is 28.4 Å². The maximum atomic E-state index is 13.6. The highest BCUT2D eigenvalue weighted by Crippen LogP contribution is 2.43. The first-order chi connectivity index (χ1) is 18.6. The lowest BCUT2D eigenvalue weighted by Gasteiger charge is -2.15. The first kappa shape index (κ1) is 25.5. The van der Waals surface area contributed by atoms with Crippen LogP contribution in [0.5, 0.6) is 17.2 Å². The second kappa shape index (κ2) is 9.97. The maximum absolute atomic E-state index is 13.6. The molecule has 2 aromatic heterocycles. The molecule has 0 bridgehead atoms. The minimum Gasteiger partial charge on any atom is -0.452 e. The third-order valence-corrected chi connectivity index (χ3v) is 6.12. The van der Waals surface area contributed by atoms with Gasteiger partial charge in [0.25, 0.3) is 0 Å². The molecule has 0 radical (unpaired) electrons. The monoisotopic (exact) mass is 526 g/mol. The molecule has 39 heavy (non-hydrogen) atoms. The second-order valence-corrected chi connectivity index (χ2v) is 9.38. The van der Waals surface area contributed by atoms with Gasteiger partial charge in [0, 0.05) is 76.3 Å². The Morgan fingerprint density at radius 2 is 1.64 bits per heavy atom. The third-order valence-electron chi connectivity index (χ3n) is 6.12. The molecule has 0 atom stereocenters. The van der Waals surface area contributed by atoms with Crippen LogP contribution in [0.3, 0.4) is 0 Å². The van der Waals surface area contributed by atoms with E-state index in [9.17, 15) is 14.4 Å². The molecular weight excluding hydrogens is 500 g/mol. The Morgan fingerprint density at radius 1 is 0.949 bits per heavy atom. The van der Waals surface area contributed by atoms with Crippen molar-refractivity contribution < 1.29 is 28.6 Å². The summed E-state index contributed by atoms with van der Waals surface area (Å²) in [4.78, 5) is 45.2. The van der Waals surface area contributed by atoms with E-state index < -0.39 is 18.0 Å². The zero-order valence-corrected chi connectivity index (χ0v) is 22.1. The number of fused-ring (bicyclic) bond motifs is 2. The molecule has 4 aromatic rings. The van der Waals surface area contributed by atoms with Crippen molar-refractivity contribution >= 4 is 35.1 Å². The van der Waals surface area contributed by atoms with Gasteiger partial charge in [-0.05, 0) is 17.7 Å². The molecule has 0 unspecified atom stereocenters. The van der Waals surface area contributed by atoms with Gasteiger partial charge in [0.2, 0.25) is 5.78 Å².